The first kappa shape index (κ1) is 14.8. The van der Waals surface area contributed by atoms with Crippen LogP contribution in [0.5, 0.6) is 0 Å². The fourth-order valence-corrected chi connectivity index (χ4v) is 2.75. The van der Waals surface area contributed by atoms with Gasteiger partial charge in [0.2, 0.25) is 0 Å². The molecule has 0 aliphatic heterocycles. The molecule has 0 spiro atoms. The summed E-state index contributed by atoms with van der Waals surface area (Å²) in [5.41, 5.74) is -0.418. The second-order valence-corrected chi connectivity index (χ2v) is 6.02. The number of halogens is 2. The molecule has 4 nitrogen and oxygen atoms in total. The Balaban J connectivity index is 1.85. The number of aromatic nitrogens is 2. The highest BCUT2D eigenvalue weighted by Gasteiger charge is 2.21. The summed E-state index contributed by atoms with van der Waals surface area (Å²) in [5.74, 6) is -0.176. The SMILES string of the molecule is O=c1ccn2nc(NCC3CC3)ccc2c1-c1c(F)cccc1F. The van der Waals surface area contributed by atoms with E-state index in [0.717, 1.165) is 18.7 Å². The van der Waals surface area contributed by atoms with Crippen LogP contribution in [0.2, 0.25) is 0 Å². The lowest BCUT2D eigenvalue weighted by Crippen LogP contribution is -2.12. The minimum Gasteiger partial charge on any atom is -0.368 e. The van der Waals surface area contributed by atoms with Crippen LogP contribution in [0.25, 0.3) is 16.6 Å². The zero-order valence-corrected chi connectivity index (χ0v) is 12.8. The number of benzene rings is 1. The molecule has 1 saturated carbocycles. The van der Waals surface area contributed by atoms with E-state index in [0.29, 0.717) is 17.3 Å². The molecule has 0 amide bonds. The predicted octanol–water partition coefficient (Wildman–Crippen LogP) is 3.46. The highest BCUT2D eigenvalue weighted by molar-refractivity contribution is 5.80. The highest BCUT2D eigenvalue weighted by Crippen LogP contribution is 2.29. The first-order valence-electron chi connectivity index (χ1n) is 7.84. The number of anilines is 1. The number of hydrogen-bond donors (Lipinski definition) is 1. The van der Waals surface area contributed by atoms with E-state index in [4.69, 9.17) is 0 Å². The third kappa shape index (κ3) is 2.64. The van der Waals surface area contributed by atoms with E-state index in [1.54, 1.807) is 12.1 Å². The quantitative estimate of drug-likeness (QED) is 0.798. The summed E-state index contributed by atoms with van der Waals surface area (Å²) in [6.45, 7) is 0.855. The second-order valence-electron chi connectivity index (χ2n) is 6.02. The van der Waals surface area contributed by atoms with E-state index in [2.05, 4.69) is 10.4 Å². The molecule has 6 heteroatoms. The Bertz CT molecular complexity index is 959. The van der Waals surface area contributed by atoms with Gasteiger partial charge in [0.25, 0.3) is 0 Å². The molecule has 1 aromatic carbocycles. The maximum absolute atomic E-state index is 14.1. The standard InChI is InChI=1S/C18H15F2N3O/c19-12-2-1-3-13(20)17(12)18-14-6-7-16(21-10-11-4-5-11)22-23(14)9-8-15(18)24/h1-3,6-9,11H,4-5,10H2,(H,21,22). The van der Waals surface area contributed by atoms with Crippen molar-refractivity contribution in [3.8, 4) is 11.1 Å². The summed E-state index contributed by atoms with van der Waals surface area (Å²) in [7, 11) is 0. The maximum atomic E-state index is 14.1. The van der Waals surface area contributed by atoms with Gasteiger partial charge in [0.1, 0.15) is 17.5 Å². The lowest BCUT2D eigenvalue weighted by molar-refractivity contribution is 0.589. The lowest BCUT2D eigenvalue weighted by Gasteiger charge is -2.11. The van der Waals surface area contributed by atoms with Crippen LogP contribution in [0.4, 0.5) is 14.6 Å². The maximum Gasteiger partial charge on any atom is 0.190 e. The Labute approximate surface area is 136 Å². The topological polar surface area (TPSA) is 46.4 Å². The lowest BCUT2D eigenvalue weighted by atomic mass is 10.0. The van der Waals surface area contributed by atoms with E-state index >= 15 is 0 Å². The fraction of sp³-hybridized carbons (Fsp3) is 0.222. The van der Waals surface area contributed by atoms with Gasteiger partial charge in [0.15, 0.2) is 5.43 Å². The van der Waals surface area contributed by atoms with Gasteiger partial charge in [-0.2, -0.15) is 5.10 Å². The average molecular weight is 327 g/mol. The molecule has 2 aromatic heterocycles. The fourth-order valence-electron chi connectivity index (χ4n) is 2.75. The number of pyridine rings is 1. The zero-order chi connectivity index (χ0) is 16.7. The minimum atomic E-state index is -0.767. The van der Waals surface area contributed by atoms with Crippen molar-refractivity contribution in [1.29, 1.82) is 0 Å². The molecule has 1 aliphatic rings. The summed E-state index contributed by atoms with van der Waals surface area (Å²) in [4.78, 5) is 12.3. The van der Waals surface area contributed by atoms with Crippen molar-refractivity contribution < 1.29 is 8.78 Å². The zero-order valence-electron chi connectivity index (χ0n) is 12.8. The Morgan fingerprint density at radius 3 is 2.54 bits per heavy atom. The van der Waals surface area contributed by atoms with Gasteiger partial charge in [-0.15, -0.1) is 0 Å². The largest absolute Gasteiger partial charge is 0.368 e. The number of rotatable bonds is 4. The molecule has 122 valence electrons. The van der Waals surface area contributed by atoms with E-state index < -0.39 is 17.1 Å². The summed E-state index contributed by atoms with van der Waals surface area (Å²) < 4.78 is 29.7. The molecule has 4 rings (SSSR count). The summed E-state index contributed by atoms with van der Waals surface area (Å²) in [5, 5.41) is 7.62. The van der Waals surface area contributed by atoms with E-state index in [1.165, 1.54) is 35.7 Å². The van der Waals surface area contributed by atoms with Gasteiger partial charge in [0, 0.05) is 18.8 Å². The van der Waals surface area contributed by atoms with Crippen molar-refractivity contribution in [2.45, 2.75) is 12.8 Å². The van der Waals surface area contributed by atoms with Crippen LogP contribution < -0.4 is 10.7 Å². The van der Waals surface area contributed by atoms with Crippen LogP contribution in [-0.4, -0.2) is 16.2 Å². The van der Waals surface area contributed by atoms with Gasteiger partial charge in [-0.25, -0.2) is 13.3 Å². The van der Waals surface area contributed by atoms with Crippen LogP contribution in [-0.2, 0) is 0 Å². The summed E-state index contributed by atoms with van der Waals surface area (Å²) in [6.07, 6.45) is 3.95. The molecule has 0 unspecified atom stereocenters. The Kier molecular flexibility index (Phi) is 3.52. The van der Waals surface area contributed by atoms with Crippen molar-refractivity contribution in [3.05, 3.63) is 64.5 Å². The van der Waals surface area contributed by atoms with Crippen molar-refractivity contribution in [1.82, 2.24) is 9.61 Å². The number of fused-ring (bicyclic) bond motifs is 1. The number of hydrogen-bond acceptors (Lipinski definition) is 3. The normalized spacial score (nSPS) is 14.1. The summed E-state index contributed by atoms with van der Waals surface area (Å²) in [6, 6.07) is 8.20. The first-order valence-corrected chi connectivity index (χ1v) is 7.84. The van der Waals surface area contributed by atoms with Gasteiger partial charge in [-0.3, -0.25) is 4.79 Å². The van der Waals surface area contributed by atoms with E-state index in [9.17, 15) is 13.6 Å². The molecule has 2 heterocycles. The van der Waals surface area contributed by atoms with Crippen molar-refractivity contribution in [3.63, 3.8) is 0 Å². The highest BCUT2D eigenvalue weighted by atomic mass is 19.1. The molecule has 24 heavy (non-hydrogen) atoms. The van der Waals surface area contributed by atoms with Crippen LogP contribution in [0.1, 0.15) is 12.8 Å². The van der Waals surface area contributed by atoms with Crippen molar-refractivity contribution in [2.75, 3.05) is 11.9 Å². The van der Waals surface area contributed by atoms with Crippen LogP contribution in [0.15, 0.2) is 47.4 Å². The van der Waals surface area contributed by atoms with Gasteiger partial charge >= 0.3 is 0 Å². The smallest absolute Gasteiger partial charge is 0.190 e. The van der Waals surface area contributed by atoms with Gasteiger partial charge in [-0.05, 0) is 43.0 Å². The third-order valence-electron chi connectivity index (χ3n) is 4.21. The molecule has 3 aromatic rings. The Hall–Kier alpha value is -2.76. The molecule has 0 saturated heterocycles. The van der Waals surface area contributed by atoms with Crippen molar-refractivity contribution >= 4 is 11.3 Å². The molecule has 0 atom stereocenters. The molecular weight excluding hydrogens is 312 g/mol. The molecule has 1 aliphatic carbocycles. The van der Waals surface area contributed by atoms with Crippen LogP contribution in [0.3, 0.4) is 0 Å². The molecule has 1 N–H and O–H groups in total. The minimum absolute atomic E-state index is 0.0191. The van der Waals surface area contributed by atoms with Gasteiger partial charge in [0.05, 0.1) is 16.6 Å². The molecule has 0 bridgehead atoms. The van der Waals surface area contributed by atoms with Gasteiger partial charge in [-0.1, -0.05) is 6.07 Å². The third-order valence-corrected chi connectivity index (χ3v) is 4.21. The van der Waals surface area contributed by atoms with Crippen LogP contribution in [0, 0.1) is 17.6 Å². The second kappa shape index (κ2) is 5.70. The average Bonchev–Trinajstić information content (AvgIpc) is 3.39. The van der Waals surface area contributed by atoms with Crippen LogP contribution >= 0.6 is 0 Å². The summed E-state index contributed by atoms with van der Waals surface area (Å²) >= 11 is 0. The van der Waals surface area contributed by atoms with E-state index in [1.807, 2.05) is 0 Å². The monoisotopic (exact) mass is 327 g/mol. The van der Waals surface area contributed by atoms with Gasteiger partial charge < -0.3 is 5.32 Å². The molecule has 1 fully saturated rings. The number of nitrogens with one attached hydrogen (secondary N) is 1. The molecular formula is C18H15F2N3O. The predicted molar refractivity (Wildman–Crippen MR) is 88.0 cm³/mol. The Morgan fingerprint density at radius 2 is 1.83 bits per heavy atom. The molecule has 0 radical (unpaired) electrons. The Morgan fingerprint density at radius 1 is 1.08 bits per heavy atom. The van der Waals surface area contributed by atoms with E-state index in [-0.39, 0.29) is 11.1 Å². The van der Waals surface area contributed by atoms with Crippen molar-refractivity contribution in [2.24, 2.45) is 5.92 Å². The first-order chi connectivity index (χ1) is 11.6. The number of nitrogens with zero attached hydrogens (tertiary/aromatic N) is 2.